The standard InChI is InChI=1S/C30H50O2Si/c1-21(2)15-13-16-22(3)17-14-19-30(10)20-18-26-25(6)27(23(4)24(5)28(26)31-30)32-33(11,12)29(7,8)9/h15,17H,13-14,16,18-20H2,1-12H3/b22-17+/t30-/m0/s1. The summed E-state index contributed by atoms with van der Waals surface area (Å²) in [5.74, 6) is 2.23. The summed E-state index contributed by atoms with van der Waals surface area (Å²) in [5.41, 5.74) is 7.94. The Morgan fingerprint density at radius 2 is 1.64 bits per heavy atom. The molecule has 1 heterocycles. The summed E-state index contributed by atoms with van der Waals surface area (Å²) >= 11 is 0. The Kier molecular flexibility index (Phi) is 8.76. The SMILES string of the molecule is CC(C)=CCC/C(C)=C/CC[C@@]1(C)CCc2c(C)c(O[Si](C)(C)C(C)(C)C)c(C)c(C)c2O1. The second kappa shape index (κ2) is 10.4. The Morgan fingerprint density at radius 3 is 2.21 bits per heavy atom. The van der Waals surface area contributed by atoms with Crippen LogP contribution in [0.15, 0.2) is 23.3 Å². The lowest BCUT2D eigenvalue weighted by atomic mass is 9.85. The molecule has 0 aliphatic carbocycles. The van der Waals surface area contributed by atoms with E-state index < -0.39 is 8.32 Å². The molecule has 1 atom stereocenters. The second-order valence-corrected chi connectivity index (χ2v) is 17.1. The van der Waals surface area contributed by atoms with E-state index in [2.05, 4.69) is 94.5 Å². The fourth-order valence-corrected chi connectivity index (χ4v) is 5.46. The van der Waals surface area contributed by atoms with Gasteiger partial charge >= 0.3 is 0 Å². The van der Waals surface area contributed by atoms with Crippen LogP contribution in [0, 0.1) is 20.8 Å². The molecule has 3 heteroatoms. The normalized spacial score (nSPS) is 19.1. The van der Waals surface area contributed by atoms with Crippen molar-refractivity contribution < 1.29 is 9.16 Å². The van der Waals surface area contributed by atoms with Crippen LogP contribution in [0.4, 0.5) is 0 Å². The molecule has 0 fully saturated rings. The van der Waals surface area contributed by atoms with E-state index in [1.807, 2.05) is 0 Å². The van der Waals surface area contributed by atoms with Crippen LogP contribution < -0.4 is 9.16 Å². The molecule has 2 nitrogen and oxygen atoms in total. The van der Waals surface area contributed by atoms with Gasteiger partial charge in [-0.2, -0.15) is 0 Å². The van der Waals surface area contributed by atoms with Crippen molar-refractivity contribution >= 4 is 8.32 Å². The minimum atomic E-state index is -1.90. The quantitative estimate of drug-likeness (QED) is 0.278. The summed E-state index contributed by atoms with van der Waals surface area (Å²) in [4.78, 5) is 0. The fourth-order valence-electron chi connectivity index (χ4n) is 4.33. The first-order valence-electron chi connectivity index (χ1n) is 12.9. The Balaban J connectivity index is 2.20. The minimum absolute atomic E-state index is 0.102. The molecule has 0 radical (unpaired) electrons. The monoisotopic (exact) mass is 470 g/mol. The molecule has 0 saturated carbocycles. The zero-order chi connectivity index (χ0) is 25.2. The van der Waals surface area contributed by atoms with Crippen LogP contribution in [0.3, 0.4) is 0 Å². The van der Waals surface area contributed by atoms with E-state index in [-0.39, 0.29) is 10.6 Å². The van der Waals surface area contributed by atoms with Crippen molar-refractivity contribution in [2.45, 2.75) is 131 Å². The average molecular weight is 471 g/mol. The maximum atomic E-state index is 6.84. The first-order valence-corrected chi connectivity index (χ1v) is 15.8. The number of allylic oxidation sites excluding steroid dienone is 4. The van der Waals surface area contributed by atoms with Gasteiger partial charge in [-0.3, -0.25) is 0 Å². The lowest BCUT2D eigenvalue weighted by Gasteiger charge is -2.41. The van der Waals surface area contributed by atoms with Gasteiger partial charge in [0, 0.05) is 5.56 Å². The Hall–Kier alpha value is -1.48. The highest BCUT2D eigenvalue weighted by Crippen LogP contribution is 2.47. The molecule has 0 spiro atoms. The summed E-state index contributed by atoms with van der Waals surface area (Å²) < 4.78 is 13.6. The minimum Gasteiger partial charge on any atom is -0.543 e. The van der Waals surface area contributed by atoms with Crippen molar-refractivity contribution in [3.8, 4) is 11.5 Å². The summed E-state index contributed by atoms with van der Waals surface area (Å²) in [6.45, 7) is 27.2. The predicted molar refractivity (Wildman–Crippen MR) is 147 cm³/mol. The van der Waals surface area contributed by atoms with Gasteiger partial charge in [-0.15, -0.1) is 0 Å². The zero-order valence-electron chi connectivity index (χ0n) is 23.7. The van der Waals surface area contributed by atoms with E-state index in [1.165, 1.54) is 33.4 Å². The number of hydrogen-bond acceptors (Lipinski definition) is 2. The molecule has 0 aromatic heterocycles. The van der Waals surface area contributed by atoms with Crippen LogP contribution in [0.1, 0.15) is 103 Å². The number of benzene rings is 1. The molecule has 0 N–H and O–H groups in total. The van der Waals surface area contributed by atoms with Crippen molar-refractivity contribution in [2.75, 3.05) is 0 Å². The average Bonchev–Trinajstić information content (AvgIpc) is 2.68. The van der Waals surface area contributed by atoms with Crippen LogP contribution in [0.25, 0.3) is 0 Å². The van der Waals surface area contributed by atoms with Gasteiger partial charge in [0.1, 0.15) is 17.1 Å². The number of rotatable bonds is 8. The molecule has 1 aliphatic heterocycles. The van der Waals surface area contributed by atoms with Gasteiger partial charge in [-0.25, -0.2) is 0 Å². The molecular weight excluding hydrogens is 420 g/mol. The molecule has 0 amide bonds. The van der Waals surface area contributed by atoms with Crippen LogP contribution in [-0.2, 0) is 6.42 Å². The summed E-state index contributed by atoms with van der Waals surface area (Å²) in [5, 5.41) is 0.183. The van der Waals surface area contributed by atoms with E-state index in [1.54, 1.807) is 0 Å². The Labute approximate surface area is 206 Å². The molecule has 1 aromatic rings. The maximum absolute atomic E-state index is 6.84. The molecule has 2 rings (SSSR count). The predicted octanol–water partition coefficient (Wildman–Crippen LogP) is 9.55. The van der Waals surface area contributed by atoms with Crippen molar-refractivity contribution in [1.29, 1.82) is 0 Å². The fraction of sp³-hybridized carbons (Fsp3) is 0.667. The van der Waals surface area contributed by atoms with E-state index in [9.17, 15) is 0 Å². The van der Waals surface area contributed by atoms with E-state index in [0.717, 1.165) is 50.0 Å². The topological polar surface area (TPSA) is 18.5 Å². The highest BCUT2D eigenvalue weighted by atomic mass is 28.4. The molecule has 1 aromatic carbocycles. The maximum Gasteiger partial charge on any atom is 0.250 e. The molecular formula is C30H50O2Si. The number of hydrogen-bond donors (Lipinski definition) is 0. The van der Waals surface area contributed by atoms with Crippen LogP contribution >= 0.6 is 0 Å². The summed E-state index contributed by atoms with van der Waals surface area (Å²) in [6, 6.07) is 0. The summed E-state index contributed by atoms with van der Waals surface area (Å²) in [7, 11) is -1.90. The third-order valence-electron chi connectivity index (χ3n) is 7.98. The second-order valence-electron chi connectivity index (χ2n) is 12.3. The van der Waals surface area contributed by atoms with Gasteiger partial charge in [-0.05, 0) is 122 Å². The third-order valence-corrected chi connectivity index (χ3v) is 12.3. The van der Waals surface area contributed by atoms with Crippen molar-refractivity contribution in [3.63, 3.8) is 0 Å². The smallest absolute Gasteiger partial charge is 0.250 e. The molecule has 186 valence electrons. The highest BCUT2D eigenvalue weighted by Gasteiger charge is 2.41. The first-order chi connectivity index (χ1) is 15.1. The molecule has 0 saturated heterocycles. The molecule has 33 heavy (non-hydrogen) atoms. The van der Waals surface area contributed by atoms with Crippen molar-refractivity contribution in [1.82, 2.24) is 0 Å². The van der Waals surface area contributed by atoms with E-state index in [0.29, 0.717) is 0 Å². The number of ether oxygens (including phenoxy) is 1. The first kappa shape index (κ1) is 27.8. The van der Waals surface area contributed by atoms with E-state index >= 15 is 0 Å². The highest BCUT2D eigenvalue weighted by molar-refractivity contribution is 6.74. The van der Waals surface area contributed by atoms with Gasteiger partial charge in [0.2, 0.25) is 0 Å². The number of fused-ring (bicyclic) bond motifs is 1. The van der Waals surface area contributed by atoms with Gasteiger partial charge in [0.05, 0.1) is 0 Å². The van der Waals surface area contributed by atoms with Crippen molar-refractivity contribution in [2.24, 2.45) is 0 Å². The zero-order valence-corrected chi connectivity index (χ0v) is 24.7. The summed E-state index contributed by atoms with van der Waals surface area (Å²) in [6.07, 6.45) is 11.3. The Bertz CT molecular complexity index is 910. The van der Waals surface area contributed by atoms with E-state index in [4.69, 9.17) is 9.16 Å². The third kappa shape index (κ3) is 6.78. The van der Waals surface area contributed by atoms with Gasteiger partial charge in [0.15, 0.2) is 0 Å². The molecule has 1 aliphatic rings. The Morgan fingerprint density at radius 1 is 1.00 bits per heavy atom. The van der Waals surface area contributed by atoms with Crippen LogP contribution in [0.5, 0.6) is 11.5 Å². The molecule has 0 unspecified atom stereocenters. The molecule has 0 bridgehead atoms. The lowest BCUT2D eigenvalue weighted by molar-refractivity contribution is 0.0559. The van der Waals surface area contributed by atoms with Crippen LogP contribution in [-0.4, -0.2) is 13.9 Å². The van der Waals surface area contributed by atoms with Gasteiger partial charge in [0.25, 0.3) is 8.32 Å². The van der Waals surface area contributed by atoms with Crippen LogP contribution in [0.2, 0.25) is 18.1 Å². The van der Waals surface area contributed by atoms with Gasteiger partial charge < -0.3 is 9.16 Å². The van der Waals surface area contributed by atoms with Gasteiger partial charge in [-0.1, -0.05) is 44.1 Å². The largest absolute Gasteiger partial charge is 0.543 e. The van der Waals surface area contributed by atoms with Crippen molar-refractivity contribution in [3.05, 3.63) is 45.6 Å². The lowest BCUT2D eigenvalue weighted by Crippen LogP contribution is -2.44.